The lowest BCUT2D eigenvalue weighted by molar-refractivity contribution is -0.123. The predicted octanol–water partition coefficient (Wildman–Crippen LogP) is 4.89. The summed E-state index contributed by atoms with van der Waals surface area (Å²) in [7, 11) is -3.67. The van der Waals surface area contributed by atoms with Crippen LogP contribution in [0.4, 0.5) is 5.13 Å². The first kappa shape index (κ1) is 24.5. The van der Waals surface area contributed by atoms with Crippen molar-refractivity contribution in [1.82, 2.24) is 14.3 Å². The summed E-state index contributed by atoms with van der Waals surface area (Å²) in [6.07, 6.45) is 5.57. The van der Waals surface area contributed by atoms with Crippen molar-refractivity contribution < 1.29 is 13.2 Å². The number of hydrogen-bond acceptors (Lipinski definition) is 6. The fourth-order valence-corrected chi connectivity index (χ4v) is 7.20. The maximum absolute atomic E-state index is 14.0. The quantitative estimate of drug-likeness (QED) is 0.347. The van der Waals surface area contributed by atoms with Gasteiger partial charge in [0, 0.05) is 25.5 Å². The molecule has 2 aromatic heterocycles. The Bertz CT molecular complexity index is 1460. The van der Waals surface area contributed by atoms with Gasteiger partial charge in [-0.3, -0.25) is 14.7 Å². The van der Waals surface area contributed by atoms with Crippen molar-refractivity contribution in [3.8, 4) is 0 Å². The third-order valence-corrected chi connectivity index (χ3v) is 9.47. The van der Waals surface area contributed by atoms with Crippen molar-refractivity contribution in [2.24, 2.45) is 5.92 Å². The van der Waals surface area contributed by atoms with Crippen molar-refractivity contribution in [2.45, 2.75) is 37.6 Å². The lowest BCUT2D eigenvalue weighted by atomic mass is 9.98. The maximum atomic E-state index is 14.0. The van der Waals surface area contributed by atoms with E-state index in [0.29, 0.717) is 31.1 Å². The summed E-state index contributed by atoms with van der Waals surface area (Å²) in [4.78, 5) is 25.1. The van der Waals surface area contributed by atoms with E-state index in [0.717, 1.165) is 27.8 Å². The summed E-state index contributed by atoms with van der Waals surface area (Å²) in [5.41, 5.74) is 2.95. The molecule has 36 heavy (non-hydrogen) atoms. The number of anilines is 1. The number of piperidine rings is 1. The number of amides is 1. The minimum absolute atomic E-state index is 0.107. The average molecular weight is 521 g/mol. The Hall–Kier alpha value is -3.14. The van der Waals surface area contributed by atoms with Gasteiger partial charge in [-0.15, -0.1) is 0 Å². The molecule has 9 heteroatoms. The summed E-state index contributed by atoms with van der Waals surface area (Å²) in [6.45, 7) is 2.99. The molecule has 1 amide bonds. The second kappa shape index (κ2) is 10.5. The summed E-state index contributed by atoms with van der Waals surface area (Å²) in [5, 5.41) is 0.628. The Balaban J connectivity index is 1.47. The summed E-state index contributed by atoms with van der Waals surface area (Å²) >= 11 is 1.49. The average Bonchev–Trinajstić information content (AvgIpc) is 3.37. The second-order valence-corrected chi connectivity index (χ2v) is 11.9. The monoisotopic (exact) mass is 520 g/mol. The van der Waals surface area contributed by atoms with Gasteiger partial charge < -0.3 is 0 Å². The van der Waals surface area contributed by atoms with Gasteiger partial charge in [0.25, 0.3) is 0 Å². The minimum Gasteiger partial charge on any atom is -0.283 e. The normalized spacial score (nSPS) is 16.8. The van der Waals surface area contributed by atoms with Crippen LogP contribution in [0.25, 0.3) is 10.2 Å². The Morgan fingerprint density at radius 1 is 1.11 bits per heavy atom. The number of hydrogen-bond donors (Lipinski definition) is 0. The first-order chi connectivity index (χ1) is 17.5. The predicted molar refractivity (Wildman–Crippen MR) is 142 cm³/mol. The van der Waals surface area contributed by atoms with Crippen LogP contribution in [-0.4, -0.2) is 41.7 Å². The standard InChI is InChI=1S/C27H28N4O3S2/c1-2-21-10-6-14-24-25(21)29-27(35-24)31(18-20-9-7-15-28-17-20)26(32)22-11-8-16-30(19-22)36(33,34)23-12-4-3-5-13-23/h3-7,9-10,12-15,17,22H,2,8,11,16,18-19H2,1H3. The highest BCUT2D eigenvalue weighted by atomic mass is 32.2. The third-order valence-electron chi connectivity index (χ3n) is 6.55. The zero-order valence-corrected chi connectivity index (χ0v) is 21.7. The molecule has 7 nitrogen and oxygen atoms in total. The molecule has 4 aromatic rings. The number of benzene rings is 2. The smallest absolute Gasteiger partial charge is 0.243 e. The molecule has 1 fully saturated rings. The van der Waals surface area contributed by atoms with Gasteiger partial charge in [-0.1, -0.05) is 54.7 Å². The minimum atomic E-state index is -3.67. The van der Waals surface area contributed by atoms with E-state index >= 15 is 0 Å². The summed E-state index contributed by atoms with van der Waals surface area (Å²) in [6, 6.07) is 18.3. The topological polar surface area (TPSA) is 83.5 Å². The van der Waals surface area contributed by atoms with Gasteiger partial charge in [0.1, 0.15) is 0 Å². The van der Waals surface area contributed by atoms with Crippen molar-refractivity contribution in [2.75, 3.05) is 18.0 Å². The van der Waals surface area contributed by atoms with Gasteiger partial charge in [-0.2, -0.15) is 4.31 Å². The van der Waals surface area contributed by atoms with Crippen molar-refractivity contribution >= 4 is 42.6 Å². The van der Waals surface area contributed by atoms with Gasteiger partial charge in [-0.25, -0.2) is 13.4 Å². The number of thiazole rings is 1. The lowest BCUT2D eigenvalue weighted by Crippen LogP contribution is -2.46. The molecule has 1 aliphatic heterocycles. The van der Waals surface area contributed by atoms with Crippen LogP contribution in [0.5, 0.6) is 0 Å². The Morgan fingerprint density at radius 2 is 1.94 bits per heavy atom. The molecule has 1 saturated heterocycles. The molecule has 0 radical (unpaired) electrons. The van der Waals surface area contributed by atoms with Crippen LogP contribution in [0.15, 0.2) is 78.0 Å². The highest BCUT2D eigenvalue weighted by Gasteiger charge is 2.36. The van der Waals surface area contributed by atoms with E-state index in [4.69, 9.17) is 4.98 Å². The molecule has 186 valence electrons. The summed E-state index contributed by atoms with van der Waals surface area (Å²) < 4.78 is 29.0. The van der Waals surface area contributed by atoms with E-state index in [2.05, 4.69) is 18.0 Å². The van der Waals surface area contributed by atoms with E-state index in [1.54, 1.807) is 47.6 Å². The number of carbonyl (C=O) groups is 1. The number of aromatic nitrogens is 2. The van der Waals surface area contributed by atoms with Crippen molar-refractivity contribution in [3.05, 3.63) is 84.2 Å². The maximum Gasteiger partial charge on any atom is 0.243 e. The highest BCUT2D eigenvalue weighted by Crippen LogP contribution is 2.34. The van der Waals surface area contributed by atoms with Crippen LogP contribution < -0.4 is 4.90 Å². The highest BCUT2D eigenvalue weighted by molar-refractivity contribution is 7.89. The zero-order valence-electron chi connectivity index (χ0n) is 20.1. The zero-order chi connectivity index (χ0) is 25.1. The SMILES string of the molecule is CCc1cccc2sc(N(Cc3cccnc3)C(=O)C3CCCN(S(=O)(=O)c4ccccc4)C3)nc12. The molecule has 0 N–H and O–H groups in total. The Labute approximate surface area is 215 Å². The largest absolute Gasteiger partial charge is 0.283 e. The van der Waals surface area contributed by atoms with E-state index in [1.165, 1.54) is 15.6 Å². The van der Waals surface area contributed by atoms with E-state index in [9.17, 15) is 13.2 Å². The van der Waals surface area contributed by atoms with Crippen molar-refractivity contribution in [3.63, 3.8) is 0 Å². The molecule has 5 rings (SSSR count). The molecule has 0 aliphatic carbocycles. The van der Waals surface area contributed by atoms with Crippen LogP contribution in [0.1, 0.15) is 30.9 Å². The molecule has 3 heterocycles. The van der Waals surface area contributed by atoms with Gasteiger partial charge in [-0.05, 0) is 54.7 Å². The van der Waals surface area contributed by atoms with Crippen molar-refractivity contribution in [1.29, 1.82) is 0 Å². The van der Waals surface area contributed by atoms with Gasteiger partial charge in [0.15, 0.2) is 5.13 Å². The van der Waals surface area contributed by atoms with Gasteiger partial charge in [0.05, 0.1) is 27.6 Å². The fraction of sp³-hybridized carbons (Fsp3) is 0.296. The van der Waals surface area contributed by atoms with Crippen LogP contribution in [0, 0.1) is 5.92 Å². The van der Waals surface area contributed by atoms with E-state index in [-0.39, 0.29) is 17.3 Å². The van der Waals surface area contributed by atoms with Crippen LogP contribution in [-0.2, 0) is 27.8 Å². The number of fused-ring (bicyclic) bond motifs is 1. The van der Waals surface area contributed by atoms with Gasteiger partial charge >= 0.3 is 0 Å². The molecule has 0 saturated carbocycles. The first-order valence-corrected chi connectivity index (χ1v) is 14.4. The molecule has 1 aliphatic rings. The number of nitrogens with zero attached hydrogens (tertiary/aromatic N) is 4. The molecule has 1 unspecified atom stereocenters. The second-order valence-electron chi connectivity index (χ2n) is 8.91. The number of rotatable bonds is 7. The van der Waals surface area contributed by atoms with Gasteiger partial charge in [0.2, 0.25) is 15.9 Å². The van der Waals surface area contributed by atoms with Crippen LogP contribution in [0.3, 0.4) is 0 Å². The van der Waals surface area contributed by atoms with Crippen LogP contribution in [0.2, 0.25) is 0 Å². The molecule has 2 aromatic carbocycles. The summed E-state index contributed by atoms with van der Waals surface area (Å²) in [5.74, 6) is -0.560. The Kier molecular flexibility index (Phi) is 7.13. The van der Waals surface area contributed by atoms with E-state index in [1.807, 2.05) is 24.3 Å². The lowest BCUT2D eigenvalue weighted by Gasteiger charge is -2.33. The first-order valence-electron chi connectivity index (χ1n) is 12.1. The fourth-order valence-electron chi connectivity index (χ4n) is 4.63. The van der Waals surface area contributed by atoms with E-state index < -0.39 is 15.9 Å². The molecule has 1 atom stereocenters. The number of pyridine rings is 1. The molecule has 0 spiro atoms. The van der Waals surface area contributed by atoms with Crippen LogP contribution >= 0.6 is 11.3 Å². The third kappa shape index (κ3) is 4.91. The number of aryl methyl sites for hydroxylation is 1. The molecular formula is C27H28N4O3S2. The number of sulfonamides is 1. The molecule has 0 bridgehead atoms. The number of carbonyl (C=O) groups excluding carboxylic acids is 1. The number of para-hydroxylation sites is 1. The Morgan fingerprint density at radius 3 is 2.69 bits per heavy atom. The molecular weight excluding hydrogens is 492 g/mol.